The molecule has 3 N–H and O–H groups in total. The SMILES string of the molecule is Cc1nc(C(F)(F)F)ccc1C(=O)NC(C)(CN)C(C)C.Cl. The van der Waals surface area contributed by atoms with Crippen LogP contribution in [0.4, 0.5) is 13.2 Å². The number of nitrogens with zero attached hydrogens (tertiary/aromatic N) is 1. The molecule has 8 heteroatoms. The molecule has 4 nitrogen and oxygen atoms in total. The molecule has 126 valence electrons. The van der Waals surface area contributed by atoms with E-state index in [1.807, 2.05) is 13.8 Å². The highest BCUT2D eigenvalue weighted by molar-refractivity contribution is 5.95. The lowest BCUT2D eigenvalue weighted by Crippen LogP contribution is -2.55. The Balaban J connectivity index is 0.00000441. The standard InChI is InChI=1S/C14H20F3N3O.ClH/c1-8(2)13(4,7-18)20-12(21)10-5-6-11(14(15,16)17)19-9(10)3;/h5-6,8H,7,18H2,1-4H3,(H,20,21);1H. The van der Waals surface area contributed by atoms with Crippen LogP contribution in [0.1, 0.15) is 42.5 Å². The number of aryl methyl sites for hydroxylation is 1. The average Bonchev–Trinajstić information content (AvgIpc) is 2.36. The van der Waals surface area contributed by atoms with E-state index in [1.54, 1.807) is 6.92 Å². The predicted molar refractivity (Wildman–Crippen MR) is 81.0 cm³/mol. The maximum atomic E-state index is 12.6. The molecule has 0 saturated carbocycles. The summed E-state index contributed by atoms with van der Waals surface area (Å²) in [5.41, 5.74) is 4.18. The molecular formula is C14H21ClF3N3O. The highest BCUT2D eigenvalue weighted by atomic mass is 35.5. The summed E-state index contributed by atoms with van der Waals surface area (Å²) in [4.78, 5) is 15.7. The van der Waals surface area contributed by atoms with Gasteiger partial charge in [0.05, 0.1) is 16.8 Å². The van der Waals surface area contributed by atoms with E-state index in [4.69, 9.17) is 5.73 Å². The number of aromatic nitrogens is 1. The van der Waals surface area contributed by atoms with E-state index in [-0.39, 0.29) is 36.1 Å². The van der Waals surface area contributed by atoms with E-state index < -0.39 is 23.3 Å². The summed E-state index contributed by atoms with van der Waals surface area (Å²) in [6, 6.07) is 1.94. The summed E-state index contributed by atoms with van der Waals surface area (Å²) in [5.74, 6) is -0.399. The van der Waals surface area contributed by atoms with Gasteiger partial charge in [-0.1, -0.05) is 13.8 Å². The summed E-state index contributed by atoms with van der Waals surface area (Å²) < 4.78 is 37.7. The van der Waals surface area contributed by atoms with E-state index in [2.05, 4.69) is 10.3 Å². The zero-order chi connectivity index (χ0) is 16.4. The number of pyridine rings is 1. The number of rotatable bonds is 4. The van der Waals surface area contributed by atoms with Gasteiger partial charge in [0.15, 0.2) is 0 Å². The van der Waals surface area contributed by atoms with Crippen molar-refractivity contribution in [3.05, 3.63) is 29.1 Å². The number of carbonyl (C=O) groups excluding carboxylic acids is 1. The molecule has 0 aliphatic rings. The van der Waals surface area contributed by atoms with E-state index in [9.17, 15) is 18.0 Å². The first-order chi connectivity index (χ1) is 9.51. The lowest BCUT2D eigenvalue weighted by Gasteiger charge is -2.33. The van der Waals surface area contributed by atoms with Crippen LogP contribution in [0.5, 0.6) is 0 Å². The number of nitrogens with one attached hydrogen (secondary N) is 1. The first kappa shape index (κ1) is 20.7. The Labute approximate surface area is 134 Å². The van der Waals surface area contributed by atoms with Crippen LogP contribution in [0.3, 0.4) is 0 Å². The molecule has 1 atom stereocenters. The van der Waals surface area contributed by atoms with Crippen molar-refractivity contribution in [3.8, 4) is 0 Å². The fourth-order valence-corrected chi connectivity index (χ4v) is 1.72. The molecule has 0 saturated heterocycles. The van der Waals surface area contributed by atoms with Crippen molar-refractivity contribution < 1.29 is 18.0 Å². The number of hydrogen-bond acceptors (Lipinski definition) is 3. The van der Waals surface area contributed by atoms with Crippen LogP contribution in [0, 0.1) is 12.8 Å². The minimum absolute atomic E-state index is 0. The molecule has 0 aliphatic carbocycles. The summed E-state index contributed by atoms with van der Waals surface area (Å²) in [6.45, 7) is 7.21. The molecule has 1 aromatic heterocycles. The Morgan fingerprint density at radius 3 is 2.27 bits per heavy atom. The Morgan fingerprint density at radius 2 is 1.91 bits per heavy atom. The van der Waals surface area contributed by atoms with E-state index in [0.29, 0.717) is 0 Å². The van der Waals surface area contributed by atoms with Gasteiger partial charge >= 0.3 is 6.18 Å². The van der Waals surface area contributed by atoms with Crippen molar-refractivity contribution in [1.29, 1.82) is 0 Å². The molecule has 22 heavy (non-hydrogen) atoms. The first-order valence-corrected chi connectivity index (χ1v) is 6.58. The van der Waals surface area contributed by atoms with Crippen molar-refractivity contribution in [2.75, 3.05) is 6.54 Å². The zero-order valence-corrected chi connectivity index (χ0v) is 13.7. The Morgan fingerprint density at radius 1 is 1.36 bits per heavy atom. The van der Waals surface area contributed by atoms with Crippen LogP contribution >= 0.6 is 12.4 Å². The second kappa shape index (κ2) is 7.28. The number of nitrogens with two attached hydrogens (primary N) is 1. The van der Waals surface area contributed by atoms with Crippen LogP contribution in [0.15, 0.2) is 12.1 Å². The van der Waals surface area contributed by atoms with Crippen LogP contribution in [-0.4, -0.2) is 23.0 Å². The lowest BCUT2D eigenvalue weighted by molar-refractivity contribution is -0.141. The number of halogens is 4. The molecule has 1 rings (SSSR count). The third kappa shape index (κ3) is 4.58. The third-order valence-electron chi connectivity index (χ3n) is 3.72. The molecule has 1 amide bonds. The molecule has 0 aromatic carbocycles. The highest BCUT2D eigenvalue weighted by Gasteiger charge is 2.34. The van der Waals surface area contributed by atoms with Gasteiger partial charge in [0.25, 0.3) is 5.91 Å². The Bertz CT molecular complexity index is 535. The smallest absolute Gasteiger partial charge is 0.345 e. The lowest BCUT2D eigenvalue weighted by atomic mass is 9.88. The number of carbonyl (C=O) groups is 1. The highest BCUT2D eigenvalue weighted by Crippen LogP contribution is 2.28. The molecular weight excluding hydrogens is 319 g/mol. The van der Waals surface area contributed by atoms with Gasteiger partial charge in [-0.15, -0.1) is 12.4 Å². The van der Waals surface area contributed by atoms with Crippen molar-refractivity contribution in [1.82, 2.24) is 10.3 Å². The van der Waals surface area contributed by atoms with Gasteiger partial charge in [-0.3, -0.25) is 4.79 Å². The van der Waals surface area contributed by atoms with Crippen LogP contribution in [0.2, 0.25) is 0 Å². The van der Waals surface area contributed by atoms with Gasteiger partial charge in [-0.25, -0.2) is 4.98 Å². The van der Waals surface area contributed by atoms with Gasteiger partial charge in [0.2, 0.25) is 0 Å². The van der Waals surface area contributed by atoms with Crippen LogP contribution in [0.25, 0.3) is 0 Å². The minimum atomic E-state index is -4.52. The summed E-state index contributed by atoms with van der Waals surface area (Å²) in [6.07, 6.45) is -4.52. The second-order valence-electron chi connectivity index (χ2n) is 5.56. The summed E-state index contributed by atoms with van der Waals surface area (Å²) in [7, 11) is 0. The molecule has 1 unspecified atom stereocenters. The second-order valence-corrected chi connectivity index (χ2v) is 5.56. The molecule has 0 radical (unpaired) electrons. The van der Waals surface area contributed by atoms with Crippen molar-refractivity contribution in [3.63, 3.8) is 0 Å². The Hall–Kier alpha value is -1.34. The molecule has 0 fully saturated rings. The topological polar surface area (TPSA) is 68.0 Å². The van der Waals surface area contributed by atoms with Crippen molar-refractivity contribution >= 4 is 18.3 Å². The van der Waals surface area contributed by atoms with E-state index in [0.717, 1.165) is 12.1 Å². The van der Waals surface area contributed by atoms with Gasteiger partial charge in [0.1, 0.15) is 5.69 Å². The number of amides is 1. The average molecular weight is 340 g/mol. The largest absolute Gasteiger partial charge is 0.433 e. The molecule has 0 spiro atoms. The van der Waals surface area contributed by atoms with Crippen molar-refractivity contribution in [2.24, 2.45) is 11.7 Å². The number of hydrogen-bond donors (Lipinski definition) is 2. The van der Waals surface area contributed by atoms with Gasteiger partial charge in [-0.05, 0) is 31.9 Å². The number of alkyl halides is 3. The van der Waals surface area contributed by atoms with Crippen LogP contribution in [-0.2, 0) is 6.18 Å². The molecule has 0 aliphatic heterocycles. The summed E-state index contributed by atoms with van der Waals surface area (Å²) in [5, 5.41) is 2.77. The fraction of sp³-hybridized carbons (Fsp3) is 0.571. The zero-order valence-electron chi connectivity index (χ0n) is 12.9. The third-order valence-corrected chi connectivity index (χ3v) is 3.72. The summed E-state index contributed by atoms with van der Waals surface area (Å²) >= 11 is 0. The molecule has 1 aromatic rings. The molecule has 0 bridgehead atoms. The Kier molecular flexibility index (Phi) is 6.84. The van der Waals surface area contributed by atoms with Gasteiger partial charge < -0.3 is 11.1 Å². The fourth-order valence-electron chi connectivity index (χ4n) is 1.72. The maximum Gasteiger partial charge on any atom is 0.433 e. The van der Waals surface area contributed by atoms with Crippen LogP contribution < -0.4 is 11.1 Å². The quantitative estimate of drug-likeness (QED) is 0.886. The van der Waals surface area contributed by atoms with Gasteiger partial charge in [-0.2, -0.15) is 13.2 Å². The maximum absolute atomic E-state index is 12.6. The molecule has 1 heterocycles. The van der Waals surface area contributed by atoms with E-state index in [1.165, 1.54) is 6.92 Å². The minimum Gasteiger partial charge on any atom is -0.345 e. The first-order valence-electron chi connectivity index (χ1n) is 6.58. The monoisotopic (exact) mass is 339 g/mol. The van der Waals surface area contributed by atoms with Crippen molar-refractivity contribution in [2.45, 2.75) is 39.4 Å². The predicted octanol–water partition coefficient (Wildman–Crippen LogP) is 2.93. The van der Waals surface area contributed by atoms with E-state index >= 15 is 0 Å². The normalized spacial score (nSPS) is 14.2. The van der Waals surface area contributed by atoms with Gasteiger partial charge in [0, 0.05) is 6.54 Å².